The Labute approximate surface area is 188 Å². The monoisotopic (exact) mass is 456 g/mol. The van der Waals surface area contributed by atoms with Crippen molar-refractivity contribution in [1.29, 1.82) is 0 Å². The molecule has 4 rings (SSSR count). The molecule has 0 atom stereocenters. The first-order chi connectivity index (χ1) is 15.0. The van der Waals surface area contributed by atoms with Gasteiger partial charge in [0.05, 0.1) is 29.7 Å². The molecule has 0 fully saturated rings. The molecular formula is C21H18Cl2N6O2. The number of hydrogen-bond acceptors (Lipinski definition) is 6. The van der Waals surface area contributed by atoms with Crippen LogP contribution in [0.15, 0.2) is 61.3 Å². The molecule has 0 spiro atoms. The molecule has 2 heterocycles. The first-order valence-electron chi connectivity index (χ1n) is 9.25. The van der Waals surface area contributed by atoms with Crippen molar-refractivity contribution in [2.75, 3.05) is 7.11 Å². The maximum atomic E-state index is 6.43. The molecular weight excluding hydrogens is 439 g/mol. The fourth-order valence-corrected chi connectivity index (χ4v) is 3.40. The summed E-state index contributed by atoms with van der Waals surface area (Å²) >= 11 is 12.5. The lowest BCUT2D eigenvalue weighted by Gasteiger charge is -2.15. The predicted molar refractivity (Wildman–Crippen MR) is 118 cm³/mol. The fraction of sp³-hybridized carbons (Fsp3) is 0.143. The standard InChI is InChI=1S/C21H18Cl2N6O2/c1-14(29-13-24-12-25-29)21(19-8-3-15(22)9-20(19)23)31-11-16-10-28(27-26-16)17-4-6-18(30-2)7-5-17/h3-10,12-13H,11H2,1-2H3/b21-14-. The molecule has 0 aliphatic heterocycles. The molecule has 2 aromatic carbocycles. The maximum absolute atomic E-state index is 6.43. The number of hydrogen-bond donors (Lipinski definition) is 0. The van der Waals surface area contributed by atoms with Crippen molar-refractivity contribution in [2.24, 2.45) is 0 Å². The molecule has 158 valence electrons. The number of halogens is 2. The average Bonchev–Trinajstić information content (AvgIpc) is 3.47. The molecule has 0 saturated heterocycles. The zero-order valence-corrected chi connectivity index (χ0v) is 18.2. The highest BCUT2D eigenvalue weighted by Gasteiger charge is 2.15. The Hall–Kier alpha value is -3.36. The van der Waals surface area contributed by atoms with E-state index in [9.17, 15) is 0 Å². The van der Waals surface area contributed by atoms with Gasteiger partial charge < -0.3 is 9.47 Å². The predicted octanol–water partition coefficient (Wildman–Crippen LogP) is 4.74. The highest BCUT2D eigenvalue weighted by molar-refractivity contribution is 6.35. The van der Waals surface area contributed by atoms with Crippen LogP contribution in [0.1, 0.15) is 18.2 Å². The summed E-state index contributed by atoms with van der Waals surface area (Å²) in [7, 11) is 1.62. The molecule has 0 unspecified atom stereocenters. The normalized spacial score (nSPS) is 11.9. The summed E-state index contributed by atoms with van der Waals surface area (Å²) in [5, 5.41) is 13.6. The minimum absolute atomic E-state index is 0.177. The second-order valence-electron chi connectivity index (χ2n) is 6.52. The minimum atomic E-state index is 0.177. The van der Waals surface area contributed by atoms with Gasteiger partial charge in [0.1, 0.15) is 36.5 Å². The lowest BCUT2D eigenvalue weighted by Crippen LogP contribution is -2.03. The van der Waals surface area contributed by atoms with E-state index in [4.69, 9.17) is 32.7 Å². The van der Waals surface area contributed by atoms with Crippen LogP contribution in [0.25, 0.3) is 17.1 Å². The van der Waals surface area contributed by atoms with E-state index in [2.05, 4.69) is 20.4 Å². The molecule has 0 bridgehead atoms. The zero-order chi connectivity index (χ0) is 21.8. The first-order valence-corrected chi connectivity index (χ1v) is 10.0. The largest absolute Gasteiger partial charge is 0.497 e. The van der Waals surface area contributed by atoms with Gasteiger partial charge in [0.25, 0.3) is 0 Å². The van der Waals surface area contributed by atoms with Gasteiger partial charge in [-0.2, -0.15) is 5.10 Å². The van der Waals surface area contributed by atoms with Crippen molar-refractivity contribution in [2.45, 2.75) is 13.5 Å². The summed E-state index contributed by atoms with van der Waals surface area (Å²) in [4.78, 5) is 4.00. The van der Waals surface area contributed by atoms with Crippen molar-refractivity contribution in [3.05, 3.63) is 82.6 Å². The number of methoxy groups -OCH3 is 1. The van der Waals surface area contributed by atoms with E-state index in [-0.39, 0.29) is 6.61 Å². The number of allylic oxidation sites excluding steroid dienone is 1. The Bertz CT molecular complexity index is 1200. The van der Waals surface area contributed by atoms with E-state index >= 15 is 0 Å². The van der Waals surface area contributed by atoms with Crippen molar-refractivity contribution < 1.29 is 9.47 Å². The third-order valence-corrected chi connectivity index (χ3v) is 5.06. The quantitative estimate of drug-likeness (QED) is 0.373. The van der Waals surface area contributed by atoms with Crippen LogP contribution in [0.4, 0.5) is 0 Å². The van der Waals surface area contributed by atoms with Gasteiger partial charge in [0.15, 0.2) is 0 Å². The molecule has 0 N–H and O–H groups in total. The molecule has 2 aromatic heterocycles. The summed E-state index contributed by atoms with van der Waals surface area (Å²) in [6.45, 7) is 2.04. The molecule has 0 saturated carbocycles. The van der Waals surface area contributed by atoms with E-state index in [0.717, 1.165) is 11.4 Å². The Kier molecular flexibility index (Phi) is 6.20. The minimum Gasteiger partial charge on any atom is -0.497 e. The highest BCUT2D eigenvalue weighted by atomic mass is 35.5. The number of aromatic nitrogens is 6. The van der Waals surface area contributed by atoms with Gasteiger partial charge in [-0.25, -0.2) is 14.3 Å². The van der Waals surface area contributed by atoms with E-state index in [1.807, 2.05) is 31.2 Å². The molecule has 8 nitrogen and oxygen atoms in total. The zero-order valence-electron chi connectivity index (χ0n) is 16.7. The second-order valence-corrected chi connectivity index (χ2v) is 7.36. The highest BCUT2D eigenvalue weighted by Crippen LogP contribution is 2.31. The number of rotatable bonds is 7. The van der Waals surface area contributed by atoms with Crippen LogP contribution in [0.2, 0.25) is 10.0 Å². The molecule has 10 heteroatoms. The van der Waals surface area contributed by atoms with E-state index in [1.165, 1.54) is 6.33 Å². The van der Waals surface area contributed by atoms with Gasteiger partial charge in [-0.1, -0.05) is 28.4 Å². The Morgan fingerprint density at radius 1 is 1.10 bits per heavy atom. The van der Waals surface area contributed by atoms with Gasteiger partial charge in [0.2, 0.25) is 0 Å². The number of nitrogens with zero attached hydrogens (tertiary/aromatic N) is 6. The molecule has 31 heavy (non-hydrogen) atoms. The van der Waals surface area contributed by atoms with Gasteiger partial charge in [-0.05, 0) is 49.4 Å². The fourth-order valence-electron chi connectivity index (χ4n) is 2.91. The Balaban J connectivity index is 1.60. The lowest BCUT2D eigenvalue weighted by molar-refractivity contribution is 0.259. The van der Waals surface area contributed by atoms with Crippen LogP contribution in [-0.4, -0.2) is 36.9 Å². The smallest absolute Gasteiger partial charge is 0.149 e. The maximum Gasteiger partial charge on any atom is 0.149 e. The first kappa shape index (κ1) is 20.9. The average molecular weight is 457 g/mol. The Morgan fingerprint density at radius 3 is 2.58 bits per heavy atom. The van der Waals surface area contributed by atoms with Crippen molar-refractivity contribution in [3.63, 3.8) is 0 Å². The summed E-state index contributed by atoms with van der Waals surface area (Å²) in [6, 6.07) is 12.7. The van der Waals surface area contributed by atoms with Gasteiger partial charge in [0, 0.05) is 10.6 Å². The lowest BCUT2D eigenvalue weighted by atomic mass is 10.1. The van der Waals surface area contributed by atoms with Gasteiger partial charge >= 0.3 is 0 Å². The van der Waals surface area contributed by atoms with Crippen LogP contribution < -0.4 is 4.74 Å². The van der Waals surface area contributed by atoms with Crippen LogP contribution in [0, 0.1) is 0 Å². The summed E-state index contributed by atoms with van der Waals surface area (Å²) in [6.07, 6.45) is 4.83. The molecule has 0 amide bonds. The molecule has 4 aromatic rings. The summed E-state index contributed by atoms with van der Waals surface area (Å²) in [5.74, 6) is 1.30. The molecule has 0 aliphatic rings. The Morgan fingerprint density at radius 2 is 1.90 bits per heavy atom. The van der Waals surface area contributed by atoms with E-state index < -0.39 is 0 Å². The number of benzene rings is 2. The van der Waals surface area contributed by atoms with Crippen LogP contribution in [0.5, 0.6) is 5.75 Å². The van der Waals surface area contributed by atoms with Crippen molar-refractivity contribution >= 4 is 34.7 Å². The third-order valence-electron chi connectivity index (χ3n) is 4.51. The topological polar surface area (TPSA) is 79.9 Å². The summed E-state index contributed by atoms with van der Waals surface area (Å²) in [5.41, 5.74) is 2.89. The summed E-state index contributed by atoms with van der Waals surface area (Å²) < 4.78 is 14.6. The molecule has 0 aliphatic carbocycles. The van der Waals surface area contributed by atoms with E-state index in [1.54, 1.807) is 47.2 Å². The van der Waals surface area contributed by atoms with Crippen LogP contribution in [-0.2, 0) is 11.3 Å². The van der Waals surface area contributed by atoms with Crippen LogP contribution in [0.3, 0.4) is 0 Å². The second kappa shape index (κ2) is 9.20. The van der Waals surface area contributed by atoms with Crippen molar-refractivity contribution in [1.82, 2.24) is 29.8 Å². The molecule has 0 radical (unpaired) electrons. The third kappa shape index (κ3) is 4.70. The number of ether oxygens (including phenoxy) is 2. The van der Waals surface area contributed by atoms with E-state index in [0.29, 0.717) is 32.8 Å². The SMILES string of the molecule is COc1ccc(-n2cc(CO/C(=C(/C)n3cncn3)c3ccc(Cl)cc3Cl)nn2)cc1. The van der Waals surface area contributed by atoms with Gasteiger partial charge in [-0.3, -0.25) is 0 Å². The van der Waals surface area contributed by atoms with Crippen molar-refractivity contribution in [3.8, 4) is 11.4 Å². The van der Waals surface area contributed by atoms with Crippen LogP contribution >= 0.6 is 23.2 Å². The van der Waals surface area contributed by atoms with Gasteiger partial charge in [-0.15, -0.1) is 5.10 Å².